The van der Waals surface area contributed by atoms with E-state index >= 15 is 0 Å². The SMILES string of the molecule is CCc1cc(Br)ccc1-n1c(C)nc2cc(N)ccc21. The average Bonchev–Trinajstić information content (AvgIpc) is 2.73. The molecule has 0 atom stereocenters. The van der Waals surface area contributed by atoms with Crippen LogP contribution < -0.4 is 5.73 Å². The lowest BCUT2D eigenvalue weighted by atomic mass is 10.1. The fourth-order valence-electron chi connectivity index (χ4n) is 2.58. The van der Waals surface area contributed by atoms with Crippen LogP contribution in [0, 0.1) is 6.92 Å². The standard InChI is InChI=1S/C16H16BrN3/c1-3-11-8-12(17)4-6-15(11)20-10(2)19-14-9-13(18)5-7-16(14)20/h4-9H,3,18H2,1-2H3. The second kappa shape index (κ2) is 4.94. The van der Waals surface area contributed by atoms with Crippen molar-refractivity contribution >= 4 is 32.7 Å². The maximum absolute atomic E-state index is 5.84. The summed E-state index contributed by atoms with van der Waals surface area (Å²) in [6, 6.07) is 12.2. The number of nitrogens with two attached hydrogens (primary N) is 1. The van der Waals surface area contributed by atoms with E-state index in [0.29, 0.717) is 0 Å². The molecule has 0 radical (unpaired) electrons. The summed E-state index contributed by atoms with van der Waals surface area (Å²) >= 11 is 3.54. The zero-order valence-corrected chi connectivity index (χ0v) is 13.1. The average molecular weight is 330 g/mol. The molecule has 2 aromatic carbocycles. The van der Waals surface area contributed by atoms with Gasteiger partial charge in [-0.2, -0.15) is 0 Å². The minimum atomic E-state index is 0.744. The third-order valence-electron chi connectivity index (χ3n) is 3.51. The van der Waals surface area contributed by atoms with Gasteiger partial charge in [0.05, 0.1) is 16.7 Å². The zero-order valence-electron chi connectivity index (χ0n) is 11.5. The van der Waals surface area contributed by atoms with E-state index in [2.05, 4.69) is 50.6 Å². The Bertz CT molecular complexity index is 790. The highest BCUT2D eigenvalue weighted by Gasteiger charge is 2.12. The molecule has 0 aliphatic heterocycles. The molecule has 0 aliphatic carbocycles. The Morgan fingerprint density at radius 1 is 1.20 bits per heavy atom. The summed E-state index contributed by atoms with van der Waals surface area (Å²) in [5.74, 6) is 0.975. The largest absolute Gasteiger partial charge is 0.399 e. The molecular formula is C16H16BrN3. The predicted molar refractivity (Wildman–Crippen MR) is 87.3 cm³/mol. The van der Waals surface area contributed by atoms with Gasteiger partial charge >= 0.3 is 0 Å². The van der Waals surface area contributed by atoms with Crippen LogP contribution in [0.3, 0.4) is 0 Å². The Balaban J connectivity index is 2.32. The quantitative estimate of drug-likeness (QED) is 0.714. The molecule has 2 N–H and O–H groups in total. The summed E-state index contributed by atoms with van der Waals surface area (Å²) in [7, 11) is 0. The molecule has 0 saturated carbocycles. The van der Waals surface area contributed by atoms with Gasteiger partial charge in [-0.15, -0.1) is 0 Å². The molecule has 1 aromatic heterocycles. The molecule has 0 fully saturated rings. The highest BCUT2D eigenvalue weighted by Crippen LogP contribution is 2.27. The van der Waals surface area contributed by atoms with E-state index in [1.807, 2.05) is 25.1 Å². The van der Waals surface area contributed by atoms with Gasteiger partial charge in [0.25, 0.3) is 0 Å². The third kappa shape index (κ3) is 2.10. The molecule has 0 bridgehead atoms. The number of aromatic nitrogens is 2. The lowest BCUT2D eigenvalue weighted by Gasteiger charge is -2.12. The van der Waals surface area contributed by atoms with E-state index in [9.17, 15) is 0 Å². The smallest absolute Gasteiger partial charge is 0.111 e. The number of anilines is 1. The van der Waals surface area contributed by atoms with Crippen molar-refractivity contribution in [3.8, 4) is 5.69 Å². The number of nitrogens with zero attached hydrogens (tertiary/aromatic N) is 2. The fourth-order valence-corrected chi connectivity index (χ4v) is 2.99. The van der Waals surface area contributed by atoms with Crippen molar-refractivity contribution in [1.29, 1.82) is 0 Å². The molecule has 0 unspecified atom stereocenters. The monoisotopic (exact) mass is 329 g/mol. The molecule has 1 heterocycles. The number of benzene rings is 2. The van der Waals surface area contributed by atoms with Crippen LogP contribution in [0.5, 0.6) is 0 Å². The normalized spacial score (nSPS) is 11.2. The molecular weight excluding hydrogens is 314 g/mol. The van der Waals surface area contributed by atoms with E-state index in [1.54, 1.807) is 0 Å². The molecule has 3 aromatic rings. The summed E-state index contributed by atoms with van der Waals surface area (Å²) in [4.78, 5) is 4.62. The molecule has 0 spiro atoms. The number of imidazole rings is 1. The minimum Gasteiger partial charge on any atom is -0.399 e. The van der Waals surface area contributed by atoms with Crippen LogP contribution in [0.25, 0.3) is 16.7 Å². The van der Waals surface area contributed by atoms with E-state index < -0.39 is 0 Å². The summed E-state index contributed by atoms with van der Waals surface area (Å²) < 4.78 is 3.30. The lowest BCUT2D eigenvalue weighted by Crippen LogP contribution is -2.01. The number of halogens is 1. The van der Waals surface area contributed by atoms with Crippen molar-refractivity contribution in [1.82, 2.24) is 9.55 Å². The van der Waals surface area contributed by atoms with Crippen molar-refractivity contribution in [2.45, 2.75) is 20.3 Å². The van der Waals surface area contributed by atoms with Crippen LogP contribution in [0.4, 0.5) is 5.69 Å². The molecule has 3 rings (SSSR count). The maximum atomic E-state index is 5.84. The Hall–Kier alpha value is -1.81. The van der Waals surface area contributed by atoms with E-state index in [-0.39, 0.29) is 0 Å². The highest BCUT2D eigenvalue weighted by atomic mass is 79.9. The molecule has 0 amide bonds. The fraction of sp³-hybridized carbons (Fsp3) is 0.188. The van der Waals surface area contributed by atoms with Gasteiger partial charge in [0.2, 0.25) is 0 Å². The van der Waals surface area contributed by atoms with Gasteiger partial charge in [0, 0.05) is 10.2 Å². The van der Waals surface area contributed by atoms with Gasteiger partial charge in [0.15, 0.2) is 0 Å². The number of hydrogen-bond acceptors (Lipinski definition) is 2. The molecule has 4 heteroatoms. The van der Waals surface area contributed by atoms with Gasteiger partial charge in [-0.25, -0.2) is 4.98 Å². The number of aryl methyl sites for hydroxylation is 2. The summed E-state index contributed by atoms with van der Waals surface area (Å²) in [6.07, 6.45) is 0.975. The van der Waals surface area contributed by atoms with Crippen molar-refractivity contribution in [3.63, 3.8) is 0 Å². The van der Waals surface area contributed by atoms with Crippen LogP contribution in [0.2, 0.25) is 0 Å². The first-order chi connectivity index (χ1) is 9.60. The number of nitrogen functional groups attached to an aromatic ring is 1. The highest BCUT2D eigenvalue weighted by molar-refractivity contribution is 9.10. The Labute approximate surface area is 126 Å². The van der Waals surface area contributed by atoms with Gasteiger partial charge in [0.1, 0.15) is 5.82 Å². The van der Waals surface area contributed by atoms with Gasteiger partial charge in [-0.05, 0) is 55.3 Å². The Kier molecular flexibility index (Phi) is 3.26. The zero-order chi connectivity index (χ0) is 14.3. The van der Waals surface area contributed by atoms with Crippen molar-refractivity contribution in [3.05, 3.63) is 52.3 Å². The van der Waals surface area contributed by atoms with Crippen LogP contribution in [-0.4, -0.2) is 9.55 Å². The summed E-state index contributed by atoms with van der Waals surface area (Å²) in [5, 5.41) is 0. The van der Waals surface area contributed by atoms with Crippen LogP contribution in [0.15, 0.2) is 40.9 Å². The van der Waals surface area contributed by atoms with Gasteiger partial charge < -0.3 is 5.73 Å². The number of hydrogen-bond donors (Lipinski definition) is 1. The molecule has 3 nitrogen and oxygen atoms in total. The molecule has 20 heavy (non-hydrogen) atoms. The Morgan fingerprint density at radius 3 is 2.75 bits per heavy atom. The first-order valence-electron chi connectivity index (χ1n) is 6.63. The minimum absolute atomic E-state index is 0.744. The molecule has 102 valence electrons. The maximum Gasteiger partial charge on any atom is 0.111 e. The number of rotatable bonds is 2. The Morgan fingerprint density at radius 2 is 2.00 bits per heavy atom. The van der Waals surface area contributed by atoms with Crippen molar-refractivity contribution in [2.75, 3.05) is 5.73 Å². The van der Waals surface area contributed by atoms with E-state index in [1.165, 1.54) is 11.3 Å². The molecule has 0 saturated heterocycles. The van der Waals surface area contributed by atoms with Crippen molar-refractivity contribution < 1.29 is 0 Å². The lowest BCUT2D eigenvalue weighted by molar-refractivity contribution is 0.968. The van der Waals surface area contributed by atoms with Gasteiger partial charge in [-0.1, -0.05) is 22.9 Å². The van der Waals surface area contributed by atoms with Crippen LogP contribution >= 0.6 is 15.9 Å². The predicted octanol–water partition coefficient (Wildman–Crippen LogP) is 4.24. The second-order valence-corrected chi connectivity index (χ2v) is 5.78. The van der Waals surface area contributed by atoms with Crippen molar-refractivity contribution in [2.24, 2.45) is 0 Å². The summed E-state index contributed by atoms with van der Waals surface area (Å²) in [5.41, 5.74) is 11.1. The van der Waals surface area contributed by atoms with Crippen LogP contribution in [0.1, 0.15) is 18.3 Å². The van der Waals surface area contributed by atoms with Gasteiger partial charge in [-0.3, -0.25) is 4.57 Å². The van der Waals surface area contributed by atoms with Crippen LogP contribution in [-0.2, 0) is 6.42 Å². The summed E-state index contributed by atoms with van der Waals surface area (Å²) in [6.45, 7) is 4.19. The molecule has 0 aliphatic rings. The van der Waals surface area contributed by atoms with E-state index in [4.69, 9.17) is 5.73 Å². The third-order valence-corrected chi connectivity index (χ3v) is 4.00. The first-order valence-corrected chi connectivity index (χ1v) is 7.43. The number of fused-ring (bicyclic) bond motifs is 1. The first kappa shape index (κ1) is 13.2. The second-order valence-electron chi connectivity index (χ2n) is 4.87. The topological polar surface area (TPSA) is 43.8 Å². The van der Waals surface area contributed by atoms with E-state index in [0.717, 1.165) is 33.4 Å².